The number of benzene rings is 1. The summed E-state index contributed by atoms with van der Waals surface area (Å²) in [5.74, 6) is 0. The summed E-state index contributed by atoms with van der Waals surface area (Å²) in [6.45, 7) is 4.05. The maximum absolute atomic E-state index is 10.6. The molecule has 3 nitrogen and oxygen atoms in total. The van der Waals surface area contributed by atoms with Gasteiger partial charge in [0.05, 0.1) is 21.4 Å². The Kier molecular flexibility index (Phi) is 4.92. The molecule has 1 aromatic carbocycles. The van der Waals surface area contributed by atoms with Crippen LogP contribution in [-0.2, 0) is 0 Å². The zero-order chi connectivity index (χ0) is 14.2. The van der Waals surface area contributed by atoms with Crippen molar-refractivity contribution in [3.8, 4) is 0 Å². The summed E-state index contributed by atoms with van der Waals surface area (Å²) < 4.78 is 3.57. The molecule has 0 fully saturated rings. The lowest BCUT2D eigenvalue weighted by Gasteiger charge is -2.17. The Hall–Kier alpha value is -0.110. The van der Waals surface area contributed by atoms with E-state index in [1.165, 1.54) is 0 Å². The first-order chi connectivity index (χ1) is 8.91. The minimum Gasteiger partial charge on any atom is -0.382 e. The van der Waals surface area contributed by atoms with Gasteiger partial charge >= 0.3 is 0 Å². The third-order valence-electron chi connectivity index (χ3n) is 2.79. The molecular formula is C13H13BrClIN2O. The van der Waals surface area contributed by atoms with Crippen LogP contribution >= 0.6 is 50.1 Å². The van der Waals surface area contributed by atoms with Gasteiger partial charge in [0.2, 0.25) is 0 Å². The van der Waals surface area contributed by atoms with Crippen molar-refractivity contribution in [3.63, 3.8) is 0 Å². The van der Waals surface area contributed by atoms with Crippen molar-refractivity contribution in [3.05, 3.63) is 48.7 Å². The average Bonchev–Trinajstić information content (AvgIpc) is 2.74. The summed E-state index contributed by atoms with van der Waals surface area (Å²) >= 11 is 11.7. The van der Waals surface area contributed by atoms with Gasteiger partial charge in [0.25, 0.3) is 0 Å². The quantitative estimate of drug-likeness (QED) is 0.689. The molecule has 1 heterocycles. The summed E-state index contributed by atoms with van der Waals surface area (Å²) in [5, 5.41) is 15.5. The number of hydrogen-bond acceptors (Lipinski definition) is 2. The van der Waals surface area contributed by atoms with Gasteiger partial charge in [-0.2, -0.15) is 5.10 Å². The maximum Gasteiger partial charge on any atom is 0.122 e. The molecule has 1 unspecified atom stereocenters. The molecule has 2 aromatic rings. The molecule has 0 saturated heterocycles. The zero-order valence-electron chi connectivity index (χ0n) is 10.4. The van der Waals surface area contributed by atoms with E-state index in [9.17, 15) is 5.11 Å². The van der Waals surface area contributed by atoms with Gasteiger partial charge in [-0.25, -0.2) is 0 Å². The van der Waals surface area contributed by atoms with Crippen LogP contribution in [0.15, 0.2) is 28.9 Å². The fraction of sp³-hybridized carbons (Fsp3) is 0.308. The van der Waals surface area contributed by atoms with Crippen LogP contribution in [0.3, 0.4) is 0 Å². The molecule has 1 N–H and O–H groups in total. The minimum atomic E-state index is -0.756. The number of hydrogen-bond donors (Lipinski definition) is 1. The van der Waals surface area contributed by atoms with Gasteiger partial charge in [-0.3, -0.25) is 4.68 Å². The number of aromatic nitrogens is 2. The topological polar surface area (TPSA) is 38.0 Å². The summed E-state index contributed by atoms with van der Waals surface area (Å²) in [4.78, 5) is 0. The van der Waals surface area contributed by atoms with Crippen molar-refractivity contribution < 1.29 is 5.11 Å². The van der Waals surface area contributed by atoms with Gasteiger partial charge in [0, 0.05) is 9.61 Å². The largest absolute Gasteiger partial charge is 0.382 e. The van der Waals surface area contributed by atoms with Crippen LogP contribution in [0.5, 0.6) is 0 Å². The van der Waals surface area contributed by atoms with Crippen LogP contribution in [0, 0.1) is 3.57 Å². The second kappa shape index (κ2) is 6.11. The van der Waals surface area contributed by atoms with E-state index < -0.39 is 6.10 Å². The fourth-order valence-corrected chi connectivity index (χ4v) is 2.87. The maximum atomic E-state index is 10.6. The number of nitrogens with zero attached hydrogens (tertiary/aromatic N) is 2. The number of rotatable bonds is 3. The van der Waals surface area contributed by atoms with Gasteiger partial charge in [-0.05, 0) is 70.1 Å². The van der Waals surface area contributed by atoms with E-state index in [2.05, 4.69) is 43.6 Å². The van der Waals surface area contributed by atoms with Crippen LogP contribution < -0.4 is 0 Å². The third kappa shape index (κ3) is 3.15. The van der Waals surface area contributed by atoms with E-state index in [-0.39, 0.29) is 6.04 Å². The highest BCUT2D eigenvalue weighted by Crippen LogP contribution is 2.32. The Morgan fingerprint density at radius 1 is 1.42 bits per heavy atom. The Bertz CT molecular complexity index is 600. The van der Waals surface area contributed by atoms with Crippen LogP contribution in [0.25, 0.3) is 0 Å². The molecule has 1 atom stereocenters. The van der Waals surface area contributed by atoms with Crippen LogP contribution in [0.4, 0.5) is 0 Å². The predicted octanol–water partition coefficient (Wildman–Crippen LogP) is 4.57. The average molecular weight is 456 g/mol. The van der Waals surface area contributed by atoms with E-state index in [1.54, 1.807) is 16.9 Å². The summed E-state index contributed by atoms with van der Waals surface area (Å²) in [5.41, 5.74) is 1.50. The van der Waals surface area contributed by atoms with Crippen molar-refractivity contribution in [2.75, 3.05) is 0 Å². The second-order valence-corrected chi connectivity index (χ2v) is 6.92. The smallest absolute Gasteiger partial charge is 0.122 e. The van der Waals surface area contributed by atoms with E-state index in [0.29, 0.717) is 5.02 Å². The molecule has 0 aliphatic carbocycles. The van der Waals surface area contributed by atoms with E-state index in [1.807, 2.05) is 26.0 Å². The summed E-state index contributed by atoms with van der Waals surface area (Å²) in [7, 11) is 0. The normalized spacial score (nSPS) is 13.0. The lowest BCUT2D eigenvalue weighted by molar-refractivity contribution is 0.204. The molecule has 2 rings (SSSR count). The predicted molar refractivity (Wildman–Crippen MR) is 88.5 cm³/mol. The third-order valence-corrected chi connectivity index (χ3v) is 4.98. The minimum absolute atomic E-state index is 0.176. The van der Waals surface area contributed by atoms with E-state index in [0.717, 1.165) is 19.3 Å². The molecule has 19 heavy (non-hydrogen) atoms. The number of aliphatic hydroxyl groups excluding tert-OH is 1. The van der Waals surface area contributed by atoms with Gasteiger partial charge in [-0.1, -0.05) is 17.7 Å². The first-order valence-corrected chi connectivity index (χ1v) is 8.02. The SMILES string of the molecule is CC(C)n1ncc(Br)c1C(O)c1ccc(I)c(Cl)c1. The molecule has 0 bridgehead atoms. The summed E-state index contributed by atoms with van der Waals surface area (Å²) in [6, 6.07) is 5.74. The van der Waals surface area contributed by atoms with Gasteiger partial charge < -0.3 is 5.11 Å². The zero-order valence-corrected chi connectivity index (χ0v) is 14.9. The monoisotopic (exact) mass is 454 g/mol. The van der Waals surface area contributed by atoms with Crippen molar-refractivity contribution in [2.45, 2.75) is 26.0 Å². The molecule has 0 saturated carbocycles. The highest BCUT2D eigenvalue weighted by Gasteiger charge is 2.21. The van der Waals surface area contributed by atoms with Crippen molar-refractivity contribution in [1.82, 2.24) is 9.78 Å². The lowest BCUT2D eigenvalue weighted by atomic mass is 10.1. The first-order valence-electron chi connectivity index (χ1n) is 5.77. The number of halogens is 3. The molecule has 0 aliphatic rings. The van der Waals surface area contributed by atoms with E-state index >= 15 is 0 Å². The van der Waals surface area contributed by atoms with Crippen molar-refractivity contribution >= 4 is 50.1 Å². The van der Waals surface area contributed by atoms with E-state index in [4.69, 9.17) is 11.6 Å². The number of aliphatic hydroxyl groups is 1. The molecule has 6 heteroatoms. The van der Waals surface area contributed by atoms with Crippen LogP contribution in [0.2, 0.25) is 5.02 Å². The van der Waals surface area contributed by atoms with Gasteiger partial charge in [0.1, 0.15) is 6.10 Å². The molecule has 0 radical (unpaired) electrons. The van der Waals surface area contributed by atoms with Crippen molar-refractivity contribution in [2.24, 2.45) is 0 Å². The van der Waals surface area contributed by atoms with Crippen molar-refractivity contribution in [1.29, 1.82) is 0 Å². The van der Waals surface area contributed by atoms with Crippen LogP contribution in [-0.4, -0.2) is 14.9 Å². The second-order valence-electron chi connectivity index (χ2n) is 4.49. The Morgan fingerprint density at radius 2 is 2.11 bits per heavy atom. The molecule has 0 spiro atoms. The van der Waals surface area contributed by atoms with Gasteiger partial charge in [-0.15, -0.1) is 0 Å². The highest BCUT2D eigenvalue weighted by molar-refractivity contribution is 14.1. The molecule has 102 valence electrons. The molecule has 0 amide bonds. The Labute approximate surface area is 139 Å². The summed E-state index contributed by atoms with van der Waals surface area (Å²) in [6.07, 6.45) is 0.945. The Morgan fingerprint density at radius 3 is 2.68 bits per heavy atom. The standard InChI is InChI=1S/C13H13BrClIN2O/c1-7(2)18-12(9(14)6-17-18)13(19)8-3-4-11(16)10(15)5-8/h3-7,13,19H,1-2H3. The van der Waals surface area contributed by atoms with Gasteiger partial charge in [0.15, 0.2) is 0 Å². The first kappa shape index (κ1) is 15.3. The van der Waals surface area contributed by atoms with Crippen LogP contribution in [0.1, 0.15) is 37.3 Å². The Balaban J connectivity index is 2.46. The lowest BCUT2D eigenvalue weighted by Crippen LogP contribution is -2.12. The molecule has 0 aliphatic heterocycles. The molecule has 1 aromatic heterocycles. The fourth-order valence-electron chi connectivity index (χ4n) is 1.86. The molecular weight excluding hydrogens is 442 g/mol. The highest BCUT2D eigenvalue weighted by atomic mass is 127.